The lowest BCUT2D eigenvalue weighted by molar-refractivity contribution is 0.646. The Morgan fingerprint density at radius 1 is 0.778 bits per heavy atom. The van der Waals surface area contributed by atoms with E-state index >= 15 is 0 Å². The van der Waals surface area contributed by atoms with Gasteiger partial charge < -0.3 is 0 Å². The quantitative estimate of drug-likeness (QED) is 0.716. The Balaban J connectivity index is 2.01. The standard InChI is InChI=1S/C17H19N/c1-2-7-11-16-12-14(8-4-1)13-17(18-16)15-9-5-3-6-10-15/h3,5-6,9-10,12-13H,1-2,4,7-8,11H2. The van der Waals surface area contributed by atoms with Crippen molar-refractivity contribution in [2.75, 3.05) is 0 Å². The maximum Gasteiger partial charge on any atom is 0.0708 e. The Morgan fingerprint density at radius 2 is 1.56 bits per heavy atom. The minimum atomic E-state index is 1.13. The molecule has 18 heavy (non-hydrogen) atoms. The fourth-order valence-electron chi connectivity index (χ4n) is 2.67. The fourth-order valence-corrected chi connectivity index (χ4v) is 2.67. The second-order valence-electron chi connectivity index (χ2n) is 5.13. The summed E-state index contributed by atoms with van der Waals surface area (Å²) in [6.07, 6.45) is 7.64. The van der Waals surface area contributed by atoms with Gasteiger partial charge >= 0.3 is 0 Å². The number of nitrogens with zero attached hydrogens (tertiary/aromatic N) is 1. The van der Waals surface area contributed by atoms with E-state index in [1.165, 1.54) is 48.9 Å². The zero-order valence-corrected chi connectivity index (χ0v) is 10.7. The minimum Gasteiger partial charge on any atom is -0.253 e. The van der Waals surface area contributed by atoms with Gasteiger partial charge in [-0.1, -0.05) is 43.2 Å². The fraction of sp³-hybridized carbons (Fsp3) is 0.353. The molecule has 0 radical (unpaired) electrons. The van der Waals surface area contributed by atoms with Gasteiger partial charge in [0.1, 0.15) is 0 Å². The summed E-state index contributed by atoms with van der Waals surface area (Å²) >= 11 is 0. The molecule has 0 saturated carbocycles. The minimum absolute atomic E-state index is 1.13. The zero-order valence-electron chi connectivity index (χ0n) is 10.7. The van der Waals surface area contributed by atoms with Crippen LogP contribution in [-0.4, -0.2) is 4.98 Å². The van der Waals surface area contributed by atoms with Crippen molar-refractivity contribution in [2.45, 2.75) is 38.5 Å². The van der Waals surface area contributed by atoms with E-state index in [1.807, 2.05) is 0 Å². The lowest BCUT2D eigenvalue weighted by Crippen LogP contribution is -1.95. The molecule has 0 fully saturated rings. The van der Waals surface area contributed by atoms with Crippen LogP contribution in [0.5, 0.6) is 0 Å². The van der Waals surface area contributed by atoms with Gasteiger partial charge in [-0.25, -0.2) is 0 Å². The second-order valence-corrected chi connectivity index (χ2v) is 5.13. The van der Waals surface area contributed by atoms with Crippen LogP contribution in [0.15, 0.2) is 42.5 Å². The van der Waals surface area contributed by atoms with Crippen LogP contribution in [0.2, 0.25) is 0 Å². The molecule has 2 bridgehead atoms. The van der Waals surface area contributed by atoms with Crippen molar-refractivity contribution < 1.29 is 0 Å². The van der Waals surface area contributed by atoms with E-state index in [9.17, 15) is 0 Å². The highest BCUT2D eigenvalue weighted by Crippen LogP contribution is 2.22. The van der Waals surface area contributed by atoms with Gasteiger partial charge in [-0.2, -0.15) is 0 Å². The Kier molecular flexibility index (Phi) is 3.40. The van der Waals surface area contributed by atoms with Crippen molar-refractivity contribution in [3.05, 3.63) is 53.7 Å². The average Bonchev–Trinajstić information content (AvgIpc) is 2.50. The smallest absolute Gasteiger partial charge is 0.0708 e. The van der Waals surface area contributed by atoms with E-state index in [4.69, 9.17) is 4.98 Å². The van der Waals surface area contributed by atoms with E-state index in [0.29, 0.717) is 0 Å². The van der Waals surface area contributed by atoms with Gasteiger partial charge in [0.15, 0.2) is 0 Å². The monoisotopic (exact) mass is 237 g/mol. The maximum atomic E-state index is 4.82. The average molecular weight is 237 g/mol. The summed E-state index contributed by atoms with van der Waals surface area (Å²) in [6, 6.07) is 15.1. The Hall–Kier alpha value is -1.63. The third-order valence-corrected chi connectivity index (χ3v) is 3.66. The van der Waals surface area contributed by atoms with Gasteiger partial charge in [-0.15, -0.1) is 0 Å². The molecule has 1 aliphatic rings. The molecule has 2 aromatic rings. The summed E-state index contributed by atoms with van der Waals surface area (Å²) < 4.78 is 0. The van der Waals surface area contributed by atoms with Crippen LogP contribution >= 0.6 is 0 Å². The van der Waals surface area contributed by atoms with Crippen molar-refractivity contribution in [2.24, 2.45) is 0 Å². The summed E-state index contributed by atoms with van der Waals surface area (Å²) in [4.78, 5) is 4.82. The SMILES string of the molecule is c1ccc(-c2cc3cc(n2)CCCCCC3)cc1. The molecule has 1 aromatic carbocycles. The van der Waals surface area contributed by atoms with Crippen LogP contribution in [0.25, 0.3) is 11.3 Å². The van der Waals surface area contributed by atoms with E-state index in [2.05, 4.69) is 42.5 Å². The second kappa shape index (κ2) is 5.34. The summed E-state index contributed by atoms with van der Waals surface area (Å²) in [5.74, 6) is 0. The van der Waals surface area contributed by atoms with E-state index in [0.717, 1.165) is 12.1 Å². The van der Waals surface area contributed by atoms with Gasteiger partial charge in [0.05, 0.1) is 5.69 Å². The summed E-state index contributed by atoms with van der Waals surface area (Å²) in [5, 5.41) is 0. The number of aromatic nitrogens is 1. The third kappa shape index (κ3) is 2.61. The zero-order chi connectivity index (χ0) is 12.2. The number of hydrogen-bond donors (Lipinski definition) is 0. The molecular weight excluding hydrogens is 218 g/mol. The number of pyridine rings is 1. The molecule has 0 saturated heterocycles. The van der Waals surface area contributed by atoms with Gasteiger partial charge in [-0.05, 0) is 43.4 Å². The topological polar surface area (TPSA) is 12.9 Å². The highest BCUT2D eigenvalue weighted by Gasteiger charge is 2.07. The number of hydrogen-bond acceptors (Lipinski definition) is 1. The predicted molar refractivity (Wildman–Crippen MR) is 75.5 cm³/mol. The first-order valence-corrected chi connectivity index (χ1v) is 6.97. The summed E-state index contributed by atoms with van der Waals surface area (Å²) in [5.41, 5.74) is 5.11. The van der Waals surface area contributed by atoms with Crippen LogP contribution < -0.4 is 0 Å². The first-order valence-electron chi connectivity index (χ1n) is 6.97. The van der Waals surface area contributed by atoms with Crippen molar-refractivity contribution in [3.63, 3.8) is 0 Å². The summed E-state index contributed by atoms with van der Waals surface area (Å²) in [6.45, 7) is 0. The first-order chi connectivity index (χ1) is 8.92. The van der Waals surface area contributed by atoms with Gasteiger partial charge in [0, 0.05) is 11.3 Å². The lowest BCUT2D eigenvalue weighted by atomic mass is 10.0. The molecule has 1 aliphatic carbocycles. The highest BCUT2D eigenvalue weighted by molar-refractivity contribution is 5.60. The van der Waals surface area contributed by atoms with Gasteiger partial charge in [0.2, 0.25) is 0 Å². The molecule has 1 heteroatoms. The first kappa shape index (κ1) is 11.5. The van der Waals surface area contributed by atoms with Crippen LogP contribution in [0.4, 0.5) is 0 Å². The molecule has 1 aromatic heterocycles. The predicted octanol–water partition coefficient (Wildman–Crippen LogP) is 4.41. The van der Waals surface area contributed by atoms with Crippen LogP contribution in [0.1, 0.15) is 36.9 Å². The van der Waals surface area contributed by atoms with E-state index in [1.54, 1.807) is 0 Å². The van der Waals surface area contributed by atoms with Crippen molar-refractivity contribution >= 4 is 0 Å². The Morgan fingerprint density at radius 3 is 2.39 bits per heavy atom. The molecule has 0 N–H and O–H groups in total. The van der Waals surface area contributed by atoms with Gasteiger partial charge in [0.25, 0.3) is 0 Å². The Labute approximate surface area is 109 Å². The van der Waals surface area contributed by atoms with Crippen molar-refractivity contribution in [1.29, 1.82) is 0 Å². The van der Waals surface area contributed by atoms with Crippen LogP contribution in [0.3, 0.4) is 0 Å². The Bertz CT molecular complexity index is 490. The normalized spacial score (nSPS) is 15.6. The highest BCUT2D eigenvalue weighted by atomic mass is 14.7. The largest absolute Gasteiger partial charge is 0.253 e. The maximum absolute atomic E-state index is 4.82. The van der Waals surface area contributed by atoms with Gasteiger partial charge in [-0.3, -0.25) is 4.98 Å². The van der Waals surface area contributed by atoms with E-state index < -0.39 is 0 Å². The van der Waals surface area contributed by atoms with E-state index in [-0.39, 0.29) is 0 Å². The molecule has 1 heterocycles. The van der Waals surface area contributed by atoms with Crippen molar-refractivity contribution in [3.8, 4) is 11.3 Å². The van der Waals surface area contributed by atoms with Crippen molar-refractivity contribution in [1.82, 2.24) is 4.98 Å². The van der Waals surface area contributed by atoms with Crippen LogP contribution in [0, 0.1) is 0 Å². The number of rotatable bonds is 1. The molecule has 0 aliphatic heterocycles. The molecular formula is C17H19N. The number of benzene rings is 1. The lowest BCUT2D eigenvalue weighted by Gasteiger charge is -2.07. The van der Waals surface area contributed by atoms with Crippen LogP contribution in [-0.2, 0) is 12.8 Å². The number of aryl methyl sites for hydroxylation is 2. The summed E-state index contributed by atoms with van der Waals surface area (Å²) in [7, 11) is 0. The molecule has 3 rings (SSSR count). The molecule has 1 nitrogen and oxygen atoms in total. The third-order valence-electron chi connectivity index (χ3n) is 3.66. The molecule has 0 amide bonds. The molecule has 0 unspecified atom stereocenters. The number of fused-ring (bicyclic) bond motifs is 2. The molecule has 0 spiro atoms. The molecule has 0 atom stereocenters. The molecule has 92 valence electrons.